The van der Waals surface area contributed by atoms with E-state index in [1.54, 1.807) is 0 Å². The van der Waals surface area contributed by atoms with Gasteiger partial charge in [-0.3, -0.25) is 14.9 Å². The molecule has 6 heteroatoms. The van der Waals surface area contributed by atoms with E-state index >= 15 is 0 Å². The zero-order chi connectivity index (χ0) is 9.84. The van der Waals surface area contributed by atoms with Gasteiger partial charge in [-0.1, -0.05) is 6.92 Å². The summed E-state index contributed by atoms with van der Waals surface area (Å²) < 4.78 is 0. The number of imide groups is 1. The molecule has 72 valence electrons. The molecule has 1 aliphatic heterocycles. The molecule has 6 nitrogen and oxygen atoms in total. The minimum absolute atomic E-state index is 0.467. The maximum atomic E-state index is 11.2. The molecule has 1 fully saturated rings. The van der Waals surface area contributed by atoms with Crippen molar-refractivity contribution < 1.29 is 14.4 Å². The number of hydrogen-bond donors (Lipinski definition) is 3. The van der Waals surface area contributed by atoms with Crippen LogP contribution < -0.4 is 16.0 Å². The van der Waals surface area contributed by atoms with Crippen molar-refractivity contribution in [3.8, 4) is 0 Å². The molecule has 0 saturated carbocycles. The number of amides is 4. The fourth-order valence-electron chi connectivity index (χ4n) is 0.952. The third-order valence-electron chi connectivity index (χ3n) is 1.59. The van der Waals surface area contributed by atoms with E-state index in [0.717, 1.165) is 6.42 Å². The Hall–Kier alpha value is -1.59. The van der Waals surface area contributed by atoms with Crippen LogP contribution in [-0.2, 0) is 9.59 Å². The zero-order valence-electron chi connectivity index (χ0n) is 7.22. The second kappa shape index (κ2) is 3.88. The zero-order valence-corrected chi connectivity index (χ0v) is 7.22. The molecule has 0 aromatic carbocycles. The first-order valence-electron chi connectivity index (χ1n) is 4.04. The highest BCUT2D eigenvalue weighted by molar-refractivity contribution is 6.15. The molecular formula is C7H11N3O3. The molecule has 1 heterocycles. The van der Waals surface area contributed by atoms with E-state index in [4.69, 9.17) is 0 Å². The molecule has 0 aromatic rings. The summed E-state index contributed by atoms with van der Waals surface area (Å²) in [5.41, 5.74) is 0. The Kier molecular flexibility index (Phi) is 2.84. The van der Waals surface area contributed by atoms with Crippen LogP contribution in [0.5, 0.6) is 0 Å². The highest BCUT2D eigenvalue weighted by atomic mass is 16.2. The van der Waals surface area contributed by atoms with E-state index in [1.165, 1.54) is 0 Å². The third kappa shape index (κ3) is 2.17. The standard InChI is InChI=1S/C7H11N3O3/c1-2-3-8-5(11)4-6(12)10-7(13)9-4/h4H,2-3H2,1H3,(H,8,11)(H2,9,10,12,13). The average molecular weight is 185 g/mol. The number of carbonyl (C=O) groups excluding carboxylic acids is 3. The summed E-state index contributed by atoms with van der Waals surface area (Å²) in [4.78, 5) is 32.7. The minimum Gasteiger partial charge on any atom is -0.354 e. The summed E-state index contributed by atoms with van der Waals surface area (Å²) in [5, 5.41) is 6.69. The maximum absolute atomic E-state index is 11.2. The Morgan fingerprint density at radius 1 is 1.54 bits per heavy atom. The topological polar surface area (TPSA) is 87.3 Å². The number of hydrogen-bond acceptors (Lipinski definition) is 3. The smallest absolute Gasteiger partial charge is 0.322 e. The van der Waals surface area contributed by atoms with Crippen molar-refractivity contribution in [3.63, 3.8) is 0 Å². The lowest BCUT2D eigenvalue weighted by Gasteiger charge is -2.06. The highest BCUT2D eigenvalue weighted by Gasteiger charge is 2.34. The van der Waals surface area contributed by atoms with Gasteiger partial charge in [0.25, 0.3) is 11.8 Å². The van der Waals surface area contributed by atoms with Gasteiger partial charge in [-0.25, -0.2) is 4.79 Å². The molecule has 13 heavy (non-hydrogen) atoms. The molecule has 4 amide bonds. The molecule has 0 aromatic heterocycles. The number of carbonyl (C=O) groups is 3. The average Bonchev–Trinajstić information content (AvgIpc) is 2.41. The molecule has 1 saturated heterocycles. The Labute approximate surface area is 75.1 Å². The van der Waals surface area contributed by atoms with Crippen molar-refractivity contribution in [2.45, 2.75) is 19.4 Å². The van der Waals surface area contributed by atoms with Gasteiger partial charge in [0.2, 0.25) is 0 Å². The molecule has 0 radical (unpaired) electrons. The number of nitrogens with one attached hydrogen (secondary N) is 3. The van der Waals surface area contributed by atoms with Crippen molar-refractivity contribution >= 4 is 17.8 Å². The van der Waals surface area contributed by atoms with Crippen LogP contribution >= 0.6 is 0 Å². The van der Waals surface area contributed by atoms with Gasteiger partial charge in [-0.05, 0) is 6.42 Å². The normalized spacial score (nSPS) is 20.8. The second-order valence-corrected chi connectivity index (χ2v) is 2.69. The van der Waals surface area contributed by atoms with Crippen LogP contribution in [-0.4, -0.2) is 30.4 Å². The van der Waals surface area contributed by atoms with Gasteiger partial charge < -0.3 is 10.6 Å². The van der Waals surface area contributed by atoms with Crippen molar-refractivity contribution in [2.75, 3.05) is 6.54 Å². The van der Waals surface area contributed by atoms with Gasteiger partial charge in [-0.15, -0.1) is 0 Å². The predicted molar refractivity (Wildman–Crippen MR) is 43.8 cm³/mol. The van der Waals surface area contributed by atoms with E-state index in [2.05, 4.69) is 10.6 Å². The molecule has 0 aliphatic carbocycles. The van der Waals surface area contributed by atoms with Crippen molar-refractivity contribution in [2.24, 2.45) is 0 Å². The monoisotopic (exact) mass is 185 g/mol. The van der Waals surface area contributed by atoms with Gasteiger partial charge in [0.05, 0.1) is 0 Å². The number of urea groups is 1. The molecule has 0 spiro atoms. The van der Waals surface area contributed by atoms with Gasteiger partial charge >= 0.3 is 6.03 Å². The molecule has 1 atom stereocenters. The quantitative estimate of drug-likeness (QED) is 0.378. The first kappa shape index (κ1) is 9.50. The fraction of sp³-hybridized carbons (Fsp3) is 0.571. The van der Waals surface area contributed by atoms with Gasteiger partial charge in [0, 0.05) is 6.54 Å². The first-order valence-corrected chi connectivity index (χ1v) is 4.04. The van der Waals surface area contributed by atoms with Crippen LogP contribution in [0.15, 0.2) is 0 Å². The molecule has 1 rings (SSSR count). The Morgan fingerprint density at radius 3 is 2.69 bits per heavy atom. The summed E-state index contributed by atoms with van der Waals surface area (Å²) in [7, 11) is 0. The largest absolute Gasteiger partial charge is 0.354 e. The Balaban J connectivity index is 2.47. The lowest BCUT2D eigenvalue weighted by atomic mass is 10.3. The molecule has 0 bridgehead atoms. The van der Waals surface area contributed by atoms with Crippen LogP contribution in [0.1, 0.15) is 13.3 Å². The first-order chi connectivity index (χ1) is 6.15. The van der Waals surface area contributed by atoms with Gasteiger partial charge in [0.1, 0.15) is 0 Å². The van der Waals surface area contributed by atoms with E-state index in [0.29, 0.717) is 6.54 Å². The maximum Gasteiger partial charge on any atom is 0.322 e. The summed E-state index contributed by atoms with van der Waals surface area (Å²) >= 11 is 0. The SMILES string of the molecule is CCCNC(=O)C1NC(=O)NC1=O. The molecular weight excluding hydrogens is 174 g/mol. The van der Waals surface area contributed by atoms with Crippen molar-refractivity contribution in [1.82, 2.24) is 16.0 Å². The van der Waals surface area contributed by atoms with E-state index in [1.807, 2.05) is 12.2 Å². The van der Waals surface area contributed by atoms with Crippen LogP contribution in [0, 0.1) is 0 Å². The summed E-state index contributed by atoms with van der Waals surface area (Å²) in [5.74, 6) is -1.07. The molecule has 3 N–H and O–H groups in total. The van der Waals surface area contributed by atoms with E-state index in [-0.39, 0.29) is 0 Å². The second-order valence-electron chi connectivity index (χ2n) is 2.69. The highest BCUT2D eigenvalue weighted by Crippen LogP contribution is 1.92. The summed E-state index contributed by atoms with van der Waals surface area (Å²) in [6.07, 6.45) is 0.786. The lowest BCUT2D eigenvalue weighted by Crippen LogP contribution is -2.45. The van der Waals surface area contributed by atoms with Crippen LogP contribution in [0.25, 0.3) is 0 Å². The molecule has 1 unspecified atom stereocenters. The van der Waals surface area contributed by atoms with E-state index < -0.39 is 23.9 Å². The summed E-state index contributed by atoms with van der Waals surface area (Å²) in [6, 6.07) is -1.69. The van der Waals surface area contributed by atoms with Gasteiger partial charge in [-0.2, -0.15) is 0 Å². The minimum atomic E-state index is -1.07. The Bertz CT molecular complexity index is 251. The van der Waals surface area contributed by atoms with Crippen LogP contribution in [0.3, 0.4) is 0 Å². The fourth-order valence-corrected chi connectivity index (χ4v) is 0.952. The lowest BCUT2D eigenvalue weighted by molar-refractivity contribution is -0.129. The predicted octanol–water partition coefficient (Wildman–Crippen LogP) is -1.28. The van der Waals surface area contributed by atoms with E-state index in [9.17, 15) is 14.4 Å². The third-order valence-corrected chi connectivity index (χ3v) is 1.59. The van der Waals surface area contributed by atoms with Gasteiger partial charge in [0.15, 0.2) is 6.04 Å². The van der Waals surface area contributed by atoms with Crippen LogP contribution in [0.4, 0.5) is 4.79 Å². The Morgan fingerprint density at radius 2 is 2.23 bits per heavy atom. The van der Waals surface area contributed by atoms with Crippen LogP contribution in [0.2, 0.25) is 0 Å². The van der Waals surface area contributed by atoms with Crippen molar-refractivity contribution in [3.05, 3.63) is 0 Å². The molecule has 1 aliphatic rings. The van der Waals surface area contributed by atoms with Crippen molar-refractivity contribution in [1.29, 1.82) is 0 Å². The summed E-state index contributed by atoms with van der Waals surface area (Å²) in [6.45, 7) is 2.39. The number of rotatable bonds is 3.